The van der Waals surface area contributed by atoms with E-state index >= 15 is 0 Å². The molecule has 258 valence electrons. The fourth-order valence-corrected chi connectivity index (χ4v) is 7.76. The number of carbonyl (C=O) groups excluding carboxylic acids is 2. The van der Waals surface area contributed by atoms with E-state index in [9.17, 15) is 18.0 Å². The molecule has 1 saturated carbocycles. The van der Waals surface area contributed by atoms with Gasteiger partial charge in [-0.25, -0.2) is 8.42 Å². The highest BCUT2D eigenvalue weighted by atomic mass is 35.5. The van der Waals surface area contributed by atoms with E-state index in [-0.39, 0.29) is 46.3 Å². The van der Waals surface area contributed by atoms with Gasteiger partial charge in [0.05, 0.1) is 24.8 Å². The fraction of sp³-hybridized carbons (Fsp3) is 0.316. The predicted molar refractivity (Wildman–Crippen MR) is 191 cm³/mol. The number of amides is 2. The zero-order valence-electron chi connectivity index (χ0n) is 27.8. The molecule has 2 amide bonds. The normalized spacial score (nSPS) is 14.0. The number of carbonyl (C=O) groups is 2. The first-order chi connectivity index (χ1) is 23.7. The quantitative estimate of drug-likeness (QED) is 0.158. The van der Waals surface area contributed by atoms with E-state index in [1.807, 2.05) is 42.5 Å². The lowest BCUT2D eigenvalue weighted by atomic mass is 9.94. The standard InChI is InChI=1S/C38H42ClN3O6S/c1-47-32-18-12-15-29(23-32)26-41(35(24-28-13-6-3-7-14-28)38(44)40-31-16-8-4-9-17-31)37(43)27-42(34-25-30(39)21-22-36(34)48-2)49(45,46)33-19-10-5-11-20-33/h3,5-7,10-15,18-23,25,31,35H,4,8-9,16-17,24,26-27H2,1-2H3,(H,40,44). The van der Waals surface area contributed by atoms with Crippen molar-refractivity contribution in [3.63, 3.8) is 0 Å². The van der Waals surface area contributed by atoms with Gasteiger partial charge in [-0.15, -0.1) is 0 Å². The van der Waals surface area contributed by atoms with Gasteiger partial charge >= 0.3 is 0 Å². The van der Waals surface area contributed by atoms with Crippen LogP contribution in [0.3, 0.4) is 0 Å². The molecule has 4 aromatic carbocycles. The highest BCUT2D eigenvalue weighted by molar-refractivity contribution is 7.92. The first-order valence-corrected chi connectivity index (χ1v) is 18.2. The number of sulfonamides is 1. The van der Waals surface area contributed by atoms with E-state index in [0.29, 0.717) is 11.3 Å². The number of anilines is 1. The van der Waals surface area contributed by atoms with Crippen molar-refractivity contribution in [3.8, 4) is 11.5 Å². The molecule has 1 unspecified atom stereocenters. The van der Waals surface area contributed by atoms with Crippen LogP contribution in [0, 0.1) is 0 Å². The minimum atomic E-state index is -4.32. The van der Waals surface area contributed by atoms with Crippen molar-refractivity contribution in [2.45, 2.75) is 62.0 Å². The predicted octanol–water partition coefficient (Wildman–Crippen LogP) is 6.64. The molecule has 1 fully saturated rings. The molecule has 0 aliphatic heterocycles. The van der Waals surface area contributed by atoms with E-state index in [1.165, 1.54) is 30.2 Å². The molecular formula is C38H42ClN3O6S. The highest BCUT2D eigenvalue weighted by Gasteiger charge is 2.36. The average Bonchev–Trinajstić information content (AvgIpc) is 3.13. The number of hydrogen-bond acceptors (Lipinski definition) is 6. The van der Waals surface area contributed by atoms with Gasteiger partial charge in [-0.05, 0) is 66.4 Å². The van der Waals surface area contributed by atoms with Crippen LogP contribution in [0.2, 0.25) is 5.02 Å². The Hall–Kier alpha value is -4.54. The molecule has 9 nitrogen and oxygen atoms in total. The van der Waals surface area contributed by atoms with Crippen molar-refractivity contribution in [2.24, 2.45) is 0 Å². The third kappa shape index (κ3) is 9.13. The van der Waals surface area contributed by atoms with Crippen LogP contribution in [0.25, 0.3) is 0 Å². The van der Waals surface area contributed by atoms with Crippen LogP contribution in [0.1, 0.15) is 43.2 Å². The first-order valence-electron chi connectivity index (χ1n) is 16.4. The van der Waals surface area contributed by atoms with E-state index in [0.717, 1.165) is 42.0 Å². The van der Waals surface area contributed by atoms with Crippen LogP contribution >= 0.6 is 11.6 Å². The Bertz CT molecular complexity index is 1820. The number of methoxy groups -OCH3 is 2. The number of halogens is 1. The molecule has 1 aliphatic rings. The summed E-state index contributed by atoms with van der Waals surface area (Å²) < 4.78 is 40.7. The largest absolute Gasteiger partial charge is 0.497 e. The average molecular weight is 704 g/mol. The minimum Gasteiger partial charge on any atom is -0.497 e. The fourth-order valence-electron chi connectivity index (χ4n) is 6.16. The van der Waals surface area contributed by atoms with E-state index in [2.05, 4.69) is 5.32 Å². The SMILES string of the molecule is COc1cccc(CN(C(=O)CN(c2cc(Cl)ccc2OC)S(=O)(=O)c2ccccc2)C(Cc2ccccc2)C(=O)NC2CCCCC2)c1. The van der Waals surface area contributed by atoms with E-state index < -0.39 is 28.5 Å². The van der Waals surface area contributed by atoms with Gasteiger partial charge in [-0.1, -0.05) is 91.5 Å². The van der Waals surface area contributed by atoms with Gasteiger partial charge in [0.25, 0.3) is 10.0 Å². The summed E-state index contributed by atoms with van der Waals surface area (Å²) in [6.07, 6.45) is 5.12. The van der Waals surface area contributed by atoms with Gasteiger partial charge in [-0.2, -0.15) is 0 Å². The minimum absolute atomic E-state index is 0.000951. The van der Waals surface area contributed by atoms with Gasteiger partial charge < -0.3 is 19.7 Å². The van der Waals surface area contributed by atoms with Crippen molar-refractivity contribution in [1.82, 2.24) is 10.2 Å². The number of nitrogens with one attached hydrogen (secondary N) is 1. The molecule has 11 heteroatoms. The Kier molecular flexibility index (Phi) is 12.2. The third-order valence-electron chi connectivity index (χ3n) is 8.73. The summed E-state index contributed by atoms with van der Waals surface area (Å²) in [4.78, 5) is 30.6. The number of rotatable bonds is 14. The van der Waals surface area contributed by atoms with Gasteiger partial charge in [0.2, 0.25) is 11.8 Å². The second-order valence-electron chi connectivity index (χ2n) is 12.1. The van der Waals surface area contributed by atoms with Crippen LogP contribution in [0.15, 0.2) is 108 Å². The lowest BCUT2D eigenvalue weighted by Crippen LogP contribution is -2.55. The molecule has 0 saturated heterocycles. The van der Waals surface area contributed by atoms with Crippen LogP contribution in [0.4, 0.5) is 5.69 Å². The van der Waals surface area contributed by atoms with Crippen molar-refractivity contribution in [1.29, 1.82) is 0 Å². The van der Waals surface area contributed by atoms with Crippen molar-refractivity contribution in [2.75, 3.05) is 25.1 Å². The molecule has 0 bridgehead atoms. The Morgan fingerprint density at radius 2 is 1.51 bits per heavy atom. The van der Waals surface area contributed by atoms with E-state index in [1.54, 1.807) is 49.6 Å². The van der Waals surface area contributed by atoms with Gasteiger partial charge in [0.15, 0.2) is 0 Å². The zero-order chi connectivity index (χ0) is 34.8. The summed E-state index contributed by atoms with van der Waals surface area (Å²) in [5.74, 6) is -0.0612. The van der Waals surface area contributed by atoms with Gasteiger partial charge in [-0.3, -0.25) is 13.9 Å². The second-order valence-corrected chi connectivity index (χ2v) is 14.4. The smallest absolute Gasteiger partial charge is 0.264 e. The maximum absolute atomic E-state index is 14.8. The molecule has 4 aromatic rings. The zero-order valence-corrected chi connectivity index (χ0v) is 29.3. The molecule has 0 heterocycles. The second kappa shape index (κ2) is 16.7. The number of ether oxygens (including phenoxy) is 2. The summed E-state index contributed by atoms with van der Waals surface area (Å²) in [5.41, 5.74) is 1.67. The molecule has 0 aromatic heterocycles. The summed E-state index contributed by atoms with van der Waals surface area (Å²) in [7, 11) is -1.34. The van der Waals surface area contributed by atoms with Gasteiger partial charge in [0.1, 0.15) is 24.1 Å². The van der Waals surface area contributed by atoms with Gasteiger partial charge in [0, 0.05) is 24.0 Å². The highest BCUT2D eigenvalue weighted by Crippen LogP contribution is 2.35. The van der Waals surface area contributed by atoms with Crippen LogP contribution in [-0.2, 0) is 32.6 Å². The summed E-state index contributed by atoms with van der Waals surface area (Å²) in [5, 5.41) is 3.49. The third-order valence-corrected chi connectivity index (χ3v) is 10.7. The topological polar surface area (TPSA) is 105 Å². The molecule has 49 heavy (non-hydrogen) atoms. The molecule has 1 atom stereocenters. The monoisotopic (exact) mass is 703 g/mol. The molecule has 1 aliphatic carbocycles. The molecule has 1 N–H and O–H groups in total. The molecule has 0 radical (unpaired) electrons. The Morgan fingerprint density at radius 3 is 2.18 bits per heavy atom. The lowest BCUT2D eigenvalue weighted by molar-refractivity contribution is -0.140. The number of nitrogens with zero attached hydrogens (tertiary/aromatic N) is 2. The van der Waals surface area contributed by atoms with Crippen LogP contribution < -0.4 is 19.1 Å². The van der Waals surface area contributed by atoms with Crippen LogP contribution in [0.5, 0.6) is 11.5 Å². The first kappa shape index (κ1) is 35.8. The summed E-state index contributed by atoms with van der Waals surface area (Å²) >= 11 is 6.39. The Morgan fingerprint density at radius 1 is 0.837 bits per heavy atom. The van der Waals surface area contributed by atoms with E-state index in [4.69, 9.17) is 21.1 Å². The number of benzene rings is 4. The molecular weight excluding hydrogens is 662 g/mol. The van der Waals surface area contributed by atoms with Crippen molar-refractivity contribution < 1.29 is 27.5 Å². The molecule has 0 spiro atoms. The summed E-state index contributed by atoms with van der Waals surface area (Å²) in [6, 6.07) is 28.3. The van der Waals surface area contributed by atoms with Crippen LogP contribution in [-0.4, -0.2) is 58.0 Å². The lowest BCUT2D eigenvalue weighted by Gasteiger charge is -2.35. The van der Waals surface area contributed by atoms with Crippen molar-refractivity contribution >= 4 is 39.1 Å². The summed E-state index contributed by atoms with van der Waals surface area (Å²) in [6.45, 7) is -0.600. The number of hydrogen-bond donors (Lipinski definition) is 1. The Labute approximate surface area is 293 Å². The molecule has 5 rings (SSSR count). The maximum Gasteiger partial charge on any atom is 0.264 e. The maximum atomic E-state index is 14.8. The van der Waals surface area contributed by atoms with Crippen molar-refractivity contribution in [3.05, 3.63) is 119 Å². The Balaban J connectivity index is 1.60.